The first-order chi connectivity index (χ1) is 11.0. The predicted molar refractivity (Wildman–Crippen MR) is 101 cm³/mol. The van der Waals surface area contributed by atoms with Crippen LogP contribution < -0.4 is 10.5 Å². The van der Waals surface area contributed by atoms with Gasteiger partial charge in [-0.3, -0.25) is 4.79 Å². The second-order valence-corrected chi connectivity index (χ2v) is 5.75. The van der Waals surface area contributed by atoms with E-state index in [9.17, 15) is 4.79 Å². The van der Waals surface area contributed by atoms with E-state index in [-0.39, 0.29) is 18.3 Å². The number of rotatable bonds is 6. The van der Waals surface area contributed by atoms with Crippen LogP contribution in [0.1, 0.15) is 27.9 Å². The molecule has 0 fully saturated rings. The lowest BCUT2D eigenvalue weighted by Gasteiger charge is -2.18. The van der Waals surface area contributed by atoms with Gasteiger partial charge in [0.1, 0.15) is 5.75 Å². The van der Waals surface area contributed by atoms with Crippen LogP contribution in [0.3, 0.4) is 0 Å². The summed E-state index contributed by atoms with van der Waals surface area (Å²) in [6.07, 6.45) is 1.84. The van der Waals surface area contributed by atoms with Gasteiger partial charge in [0.05, 0.1) is 7.11 Å². The van der Waals surface area contributed by atoms with E-state index in [2.05, 4.69) is 12.1 Å². The molecular weight excluding hydrogens is 324 g/mol. The van der Waals surface area contributed by atoms with Gasteiger partial charge in [-0.25, -0.2) is 0 Å². The smallest absolute Gasteiger partial charge is 0.253 e. The fourth-order valence-corrected chi connectivity index (χ4v) is 2.49. The third-order valence-corrected chi connectivity index (χ3v) is 3.96. The number of anilines is 1. The van der Waals surface area contributed by atoms with Gasteiger partial charge in [-0.2, -0.15) is 0 Å². The first-order valence-corrected chi connectivity index (χ1v) is 7.76. The molecule has 0 heterocycles. The van der Waals surface area contributed by atoms with Crippen molar-refractivity contribution in [2.75, 3.05) is 26.4 Å². The van der Waals surface area contributed by atoms with Crippen molar-refractivity contribution in [1.29, 1.82) is 0 Å². The fraction of sp³-hybridized carbons (Fsp3) is 0.316. The molecule has 0 spiro atoms. The number of ether oxygens (including phenoxy) is 1. The van der Waals surface area contributed by atoms with E-state index in [1.807, 2.05) is 38.2 Å². The number of benzene rings is 2. The quantitative estimate of drug-likeness (QED) is 0.809. The summed E-state index contributed by atoms with van der Waals surface area (Å²) in [5, 5.41) is 0. The summed E-state index contributed by atoms with van der Waals surface area (Å²) in [4.78, 5) is 14.3. The molecule has 0 radical (unpaired) electrons. The van der Waals surface area contributed by atoms with E-state index in [1.54, 1.807) is 18.1 Å². The number of carbonyl (C=O) groups excluding carboxylic acids is 1. The van der Waals surface area contributed by atoms with Crippen LogP contribution in [-0.4, -0.2) is 31.5 Å². The standard InChI is InChI=1S/C19H24N2O2.ClH/c1-14-6-9-16(20)13-18(14)19(22)21(2)12-4-5-15-7-10-17(23-3)11-8-15;/h6-11,13H,4-5,12,20H2,1-3H3;1H. The summed E-state index contributed by atoms with van der Waals surface area (Å²) >= 11 is 0. The fourth-order valence-electron chi connectivity index (χ4n) is 2.49. The molecule has 2 aromatic rings. The molecule has 2 aromatic carbocycles. The van der Waals surface area contributed by atoms with Gasteiger partial charge in [-0.05, 0) is 55.2 Å². The van der Waals surface area contributed by atoms with Gasteiger partial charge in [0.15, 0.2) is 0 Å². The Balaban J connectivity index is 0.00000288. The monoisotopic (exact) mass is 348 g/mol. The van der Waals surface area contributed by atoms with Crippen LogP contribution in [0.4, 0.5) is 5.69 Å². The Hall–Kier alpha value is -2.20. The molecule has 2 rings (SSSR count). The number of hydrogen-bond donors (Lipinski definition) is 1. The lowest BCUT2D eigenvalue weighted by atomic mass is 10.1. The molecule has 0 saturated carbocycles. The Morgan fingerprint density at radius 2 is 1.83 bits per heavy atom. The van der Waals surface area contributed by atoms with Crippen LogP contribution in [0, 0.1) is 6.92 Å². The van der Waals surface area contributed by atoms with Crippen molar-refractivity contribution in [2.45, 2.75) is 19.8 Å². The van der Waals surface area contributed by atoms with Crippen LogP contribution in [0.15, 0.2) is 42.5 Å². The van der Waals surface area contributed by atoms with Gasteiger partial charge in [0.25, 0.3) is 5.91 Å². The lowest BCUT2D eigenvalue weighted by molar-refractivity contribution is 0.0793. The largest absolute Gasteiger partial charge is 0.497 e. The Morgan fingerprint density at radius 3 is 2.46 bits per heavy atom. The van der Waals surface area contributed by atoms with E-state index in [4.69, 9.17) is 10.5 Å². The molecule has 0 aliphatic carbocycles. The van der Waals surface area contributed by atoms with E-state index in [0.717, 1.165) is 24.2 Å². The zero-order valence-electron chi connectivity index (χ0n) is 14.4. The second kappa shape index (κ2) is 9.18. The Morgan fingerprint density at radius 1 is 1.17 bits per heavy atom. The molecule has 5 heteroatoms. The first kappa shape index (κ1) is 19.8. The summed E-state index contributed by atoms with van der Waals surface area (Å²) in [5.74, 6) is 0.878. The summed E-state index contributed by atoms with van der Waals surface area (Å²) < 4.78 is 5.15. The number of methoxy groups -OCH3 is 1. The molecule has 0 aliphatic rings. The number of nitrogens with two attached hydrogens (primary N) is 1. The van der Waals surface area contributed by atoms with Crippen molar-refractivity contribution < 1.29 is 9.53 Å². The van der Waals surface area contributed by atoms with Gasteiger partial charge in [0.2, 0.25) is 0 Å². The minimum Gasteiger partial charge on any atom is -0.497 e. The second-order valence-electron chi connectivity index (χ2n) is 5.75. The van der Waals surface area contributed by atoms with Crippen molar-refractivity contribution in [3.63, 3.8) is 0 Å². The number of amides is 1. The molecule has 24 heavy (non-hydrogen) atoms. The zero-order valence-corrected chi connectivity index (χ0v) is 15.2. The maximum Gasteiger partial charge on any atom is 0.253 e. The summed E-state index contributed by atoms with van der Waals surface area (Å²) in [6.45, 7) is 2.64. The number of aryl methyl sites for hydroxylation is 2. The molecule has 1 amide bonds. The Bertz CT molecular complexity index is 672. The number of nitrogen functional groups attached to an aromatic ring is 1. The third-order valence-electron chi connectivity index (χ3n) is 3.96. The first-order valence-electron chi connectivity index (χ1n) is 7.76. The van der Waals surface area contributed by atoms with Gasteiger partial charge >= 0.3 is 0 Å². The highest BCUT2D eigenvalue weighted by molar-refractivity contribution is 5.96. The van der Waals surface area contributed by atoms with Crippen molar-refractivity contribution in [3.8, 4) is 5.75 Å². The molecule has 4 nitrogen and oxygen atoms in total. The molecule has 0 aromatic heterocycles. The molecule has 0 bridgehead atoms. The molecule has 130 valence electrons. The van der Waals surface area contributed by atoms with Crippen LogP contribution in [0.25, 0.3) is 0 Å². The topological polar surface area (TPSA) is 55.6 Å². The average Bonchev–Trinajstić information content (AvgIpc) is 2.57. The van der Waals surface area contributed by atoms with Crippen molar-refractivity contribution in [3.05, 3.63) is 59.2 Å². The van der Waals surface area contributed by atoms with Crippen LogP contribution >= 0.6 is 12.4 Å². The van der Waals surface area contributed by atoms with E-state index >= 15 is 0 Å². The Labute approximate surface area is 150 Å². The lowest BCUT2D eigenvalue weighted by Crippen LogP contribution is -2.28. The summed E-state index contributed by atoms with van der Waals surface area (Å²) in [6, 6.07) is 13.5. The highest BCUT2D eigenvalue weighted by Crippen LogP contribution is 2.16. The maximum absolute atomic E-state index is 12.5. The molecule has 0 saturated heterocycles. The van der Waals surface area contributed by atoms with Crippen LogP contribution in [0.5, 0.6) is 5.75 Å². The van der Waals surface area contributed by atoms with Crippen molar-refractivity contribution >= 4 is 24.0 Å². The molecule has 0 atom stereocenters. The molecule has 0 unspecified atom stereocenters. The summed E-state index contributed by atoms with van der Waals surface area (Å²) in [5.41, 5.74) is 9.27. The van der Waals surface area contributed by atoms with E-state index < -0.39 is 0 Å². The minimum atomic E-state index is 0. The minimum absolute atomic E-state index is 0. The summed E-state index contributed by atoms with van der Waals surface area (Å²) in [7, 11) is 3.49. The predicted octanol–water partition coefficient (Wildman–Crippen LogP) is 3.71. The Kier molecular flexibility index (Phi) is 7.59. The average molecular weight is 349 g/mol. The van der Waals surface area contributed by atoms with Crippen molar-refractivity contribution in [1.82, 2.24) is 4.90 Å². The highest BCUT2D eigenvalue weighted by Gasteiger charge is 2.14. The number of nitrogens with zero attached hydrogens (tertiary/aromatic N) is 1. The van der Waals surface area contributed by atoms with E-state index in [0.29, 0.717) is 17.8 Å². The van der Waals surface area contributed by atoms with Gasteiger partial charge in [0, 0.05) is 24.8 Å². The normalized spacial score (nSPS) is 9.96. The third kappa shape index (κ3) is 5.17. The van der Waals surface area contributed by atoms with Gasteiger partial charge in [-0.15, -0.1) is 12.4 Å². The van der Waals surface area contributed by atoms with Gasteiger partial charge in [-0.1, -0.05) is 18.2 Å². The molecule has 0 aliphatic heterocycles. The molecular formula is C19H25ClN2O2. The zero-order chi connectivity index (χ0) is 16.8. The highest BCUT2D eigenvalue weighted by atomic mass is 35.5. The number of halogens is 1. The van der Waals surface area contributed by atoms with Crippen LogP contribution in [-0.2, 0) is 6.42 Å². The van der Waals surface area contributed by atoms with Crippen LogP contribution in [0.2, 0.25) is 0 Å². The molecule has 2 N–H and O–H groups in total. The SMILES string of the molecule is COc1ccc(CCCN(C)C(=O)c2cc(N)ccc2C)cc1.Cl. The number of hydrogen-bond acceptors (Lipinski definition) is 3. The van der Waals surface area contributed by atoms with E-state index in [1.165, 1.54) is 5.56 Å². The number of carbonyl (C=O) groups is 1. The van der Waals surface area contributed by atoms with Gasteiger partial charge < -0.3 is 15.4 Å². The maximum atomic E-state index is 12.5. The van der Waals surface area contributed by atoms with Crippen molar-refractivity contribution in [2.24, 2.45) is 0 Å².